The molecule has 10 rings (SSSR count). The first kappa shape index (κ1) is 28.7. The summed E-state index contributed by atoms with van der Waals surface area (Å²) in [5.41, 5.74) is 9.12. The van der Waals surface area contributed by atoms with Gasteiger partial charge in [-0.25, -0.2) is 15.0 Å². The zero-order valence-corrected chi connectivity index (χ0v) is 26.8. The molecular weight excluding hydrogens is 587 g/mol. The molecule has 0 spiro atoms. The molecular formula is C43H35N5. The van der Waals surface area contributed by atoms with Gasteiger partial charge < -0.3 is 0 Å². The van der Waals surface area contributed by atoms with Crippen molar-refractivity contribution in [2.45, 2.75) is 49.4 Å². The highest BCUT2D eigenvalue weighted by molar-refractivity contribution is 5.66. The van der Waals surface area contributed by atoms with Crippen LogP contribution in [0.4, 0.5) is 0 Å². The van der Waals surface area contributed by atoms with Gasteiger partial charge in [-0.1, -0.05) is 97.1 Å². The molecule has 0 N–H and O–H groups in total. The first-order chi connectivity index (χ1) is 23.6. The molecule has 232 valence electrons. The van der Waals surface area contributed by atoms with Crippen molar-refractivity contribution in [2.75, 3.05) is 0 Å². The second kappa shape index (κ2) is 11.3. The molecule has 0 aliphatic heterocycles. The second-order valence-corrected chi connectivity index (χ2v) is 14.3. The number of nitrogens with zero attached hydrogens (tertiary/aromatic N) is 5. The van der Waals surface area contributed by atoms with Gasteiger partial charge in [0.05, 0.1) is 11.6 Å². The molecule has 2 atom stereocenters. The Morgan fingerprint density at radius 3 is 1.56 bits per heavy atom. The molecule has 6 aromatic rings. The van der Waals surface area contributed by atoms with E-state index in [2.05, 4.69) is 71.7 Å². The Balaban J connectivity index is 1.04. The molecule has 4 saturated carbocycles. The molecule has 2 aromatic heterocycles. The van der Waals surface area contributed by atoms with Crippen molar-refractivity contribution in [1.29, 1.82) is 5.26 Å². The van der Waals surface area contributed by atoms with Crippen molar-refractivity contribution < 1.29 is 0 Å². The van der Waals surface area contributed by atoms with Crippen LogP contribution in [0.25, 0.3) is 45.4 Å². The number of hydrogen-bond acceptors (Lipinski definition) is 5. The maximum Gasteiger partial charge on any atom is 0.182 e. The molecule has 4 aliphatic rings. The highest BCUT2D eigenvalue weighted by Crippen LogP contribution is 2.66. The third kappa shape index (κ3) is 5.00. The third-order valence-corrected chi connectivity index (χ3v) is 11.2. The van der Waals surface area contributed by atoms with E-state index in [9.17, 15) is 5.26 Å². The summed E-state index contributed by atoms with van der Waals surface area (Å²) in [7, 11) is 0. The first-order valence-corrected chi connectivity index (χ1v) is 17.0. The van der Waals surface area contributed by atoms with Crippen LogP contribution in [0.3, 0.4) is 0 Å². The molecule has 4 aromatic carbocycles. The lowest BCUT2D eigenvalue weighted by Crippen LogP contribution is -2.55. The average molecular weight is 622 g/mol. The normalized spacial score (nSPS) is 23.9. The predicted octanol–water partition coefficient (Wildman–Crippen LogP) is 9.60. The minimum Gasteiger partial charge on any atom is -0.253 e. The van der Waals surface area contributed by atoms with Crippen LogP contribution in [0, 0.1) is 23.2 Å². The van der Waals surface area contributed by atoms with E-state index in [1.807, 2.05) is 60.7 Å². The van der Waals surface area contributed by atoms with E-state index >= 15 is 0 Å². The number of benzene rings is 4. The van der Waals surface area contributed by atoms with Crippen molar-refractivity contribution in [3.05, 3.63) is 144 Å². The molecule has 2 heterocycles. The molecule has 0 radical (unpaired) electrons. The van der Waals surface area contributed by atoms with Gasteiger partial charge in [-0.15, -0.1) is 0 Å². The topological polar surface area (TPSA) is 75.3 Å². The Morgan fingerprint density at radius 1 is 0.521 bits per heavy atom. The zero-order chi connectivity index (χ0) is 32.1. The van der Waals surface area contributed by atoms with Gasteiger partial charge in [0, 0.05) is 17.3 Å². The number of nitriles is 1. The van der Waals surface area contributed by atoms with Crippen LogP contribution in [0.15, 0.2) is 128 Å². The maximum absolute atomic E-state index is 9.19. The second-order valence-electron chi connectivity index (χ2n) is 14.3. The van der Waals surface area contributed by atoms with Gasteiger partial charge in [-0.2, -0.15) is 5.26 Å². The van der Waals surface area contributed by atoms with E-state index < -0.39 is 0 Å². The van der Waals surface area contributed by atoms with Crippen LogP contribution in [-0.2, 0) is 10.8 Å². The van der Waals surface area contributed by atoms with E-state index in [4.69, 9.17) is 15.0 Å². The molecule has 0 saturated heterocycles. The Morgan fingerprint density at radius 2 is 1.02 bits per heavy atom. The SMILES string of the molecule is N#Cc1ccc(-c2ccc(C34CC5CC(C3)CC(c3ccc(-c6nc(-c7ccccc7)nc(-c7ccccn7)n6)cc3)(C5)C4)cc2)cc1. The standard InChI is InChI=1S/C43H35N5/c44-27-29-9-11-32(12-10-29)33-13-17-36(18-14-33)42-23-30-22-31(24-42)26-43(25-30,28-42)37-19-15-35(16-20-37)40-46-39(34-6-2-1-3-7-34)47-41(48-40)38-8-4-5-21-45-38/h1-21,30-31H,22-26,28H2. The van der Waals surface area contributed by atoms with E-state index in [0.29, 0.717) is 23.0 Å². The Bertz CT molecular complexity index is 2060. The smallest absolute Gasteiger partial charge is 0.182 e. The van der Waals surface area contributed by atoms with Crippen LogP contribution < -0.4 is 0 Å². The fraction of sp³-hybridized carbons (Fsp3) is 0.233. The molecule has 4 aliphatic carbocycles. The fourth-order valence-corrected chi connectivity index (χ4v) is 9.50. The lowest BCUT2D eigenvalue weighted by atomic mass is 9.41. The Hall–Kier alpha value is -5.47. The van der Waals surface area contributed by atoms with E-state index in [0.717, 1.165) is 34.2 Å². The quantitative estimate of drug-likeness (QED) is 0.185. The van der Waals surface area contributed by atoms with Crippen LogP contribution in [-0.4, -0.2) is 19.9 Å². The molecule has 5 heteroatoms. The minimum atomic E-state index is 0.196. The highest BCUT2D eigenvalue weighted by Gasteiger charge is 2.58. The summed E-state index contributed by atoms with van der Waals surface area (Å²) < 4.78 is 0. The summed E-state index contributed by atoms with van der Waals surface area (Å²) in [5.74, 6) is 3.43. The van der Waals surface area contributed by atoms with Gasteiger partial charge in [-0.05, 0) is 108 Å². The van der Waals surface area contributed by atoms with Crippen LogP contribution in [0.5, 0.6) is 0 Å². The Labute approximate surface area is 281 Å². The number of pyridine rings is 1. The van der Waals surface area contributed by atoms with Crippen molar-refractivity contribution >= 4 is 0 Å². The molecule has 4 fully saturated rings. The summed E-state index contributed by atoms with van der Waals surface area (Å²) in [5, 5.41) is 9.19. The largest absolute Gasteiger partial charge is 0.253 e. The summed E-state index contributed by atoms with van der Waals surface area (Å²) >= 11 is 0. The summed E-state index contributed by atoms with van der Waals surface area (Å²) in [4.78, 5) is 19.2. The number of aromatic nitrogens is 4. The van der Waals surface area contributed by atoms with Crippen molar-refractivity contribution in [1.82, 2.24) is 19.9 Å². The Kier molecular flexibility index (Phi) is 6.79. The van der Waals surface area contributed by atoms with Gasteiger partial charge in [0.1, 0.15) is 5.69 Å². The van der Waals surface area contributed by atoms with Crippen molar-refractivity contribution in [3.8, 4) is 51.5 Å². The molecule has 0 amide bonds. The summed E-state index contributed by atoms with van der Waals surface area (Å²) in [6, 6.07) is 44.6. The molecule has 2 unspecified atom stereocenters. The number of hydrogen-bond donors (Lipinski definition) is 0. The van der Waals surface area contributed by atoms with Crippen molar-refractivity contribution in [3.63, 3.8) is 0 Å². The van der Waals surface area contributed by atoms with Gasteiger partial charge in [0.25, 0.3) is 0 Å². The summed E-state index contributed by atoms with van der Waals surface area (Å²) in [6.45, 7) is 0. The lowest BCUT2D eigenvalue weighted by Gasteiger charge is -2.63. The van der Waals surface area contributed by atoms with Gasteiger partial charge in [0.15, 0.2) is 17.5 Å². The monoisotopic (exact) mass is 621 g/mol. The van der Waals surface area contributed by atoms with E-state index in [1.54, 1.807) is 6.20 Å². The molecule has 4 bridgehead atoms. The number of rotatable bonds is 6. The van der Waals surface area contributed by atoms with Crippen molar-refractivity contribution in [2.24, 2.45) is 11.8 Å². The first-order valence-electron chi connectivity index (χ1n) is 17.0. The van der Waals surface area contributed by atoms with E-state index in [1.165, 1.54) is 55.2 Å². The zero-order valence-electron chi connectivity index (χ0n) is 26.8. The third-order valence-electron chi connectivity index (χ3n) is 11.2. The van der Waals surface area contributed by atoms with Crippen LogP contribution in [0.2, 0.25) is 0 Å². The highest BCUT2D eigenvalue weighted by atomic mass is 15.0. The molecule has 5 nitrogen and oxygen atoms in total. The predicted molar refractivity (Wildman–Crippen MR) is 189 cm³/mol. The maximum atomic E-state index is 9.19. The van der Waals surface area contributed by atoms with Gasteiger partial charge in [0.2, 0.25) is 0 Å². The van der Waals surface area contributed by atoms with Gasteiger partial charge in [-0.3, -0.25) is 4.98 Å². The summed E-state index contributed by atoms with van der Waals surface area (Å²) in [6.07, 6.45) is 9.50. The van der Waals surface area contributed by atoms with Crippen LogP contribution in [0.1, 0.15) is 55.2 Å². The van der Waals surface area contributed by atoms with Gasteiger partial charge >= 0.3 is 0 Å². The lowest BCUT2D eigenvalue weighted by molar-refractivity contribution is -0.0281. The minimum absolute atomic E-state index is 0.196. The molecule has 48 heavy (non-hydrogen) atoms. The fourth-order valence-electron chi connectivity index (χ4n) is 9.50. The van der Waals surface area contributed by atoms with E-state index in [-0.39, 0.29) is 10.8 Å². The average Bonchev–Trinajstić information content (AvgIpc) is 3.15. The van der Waals surface area contributed by atoms with Crippen LogP contribution >= 0.6 is 0 Å².